The first kappa shape index (κ1) is 14.7. The van der Waals surface area contributed by atoms with Gasteiger partial charge in [0.25, 0.3) is 0 Å². The van der Waals surface area contributed by atoms with E-state index in [0.717, 1.165) is 5.32 Å². The van der Waals surface area contributed by atoms with Crippen LogP contribution in [0.3, 0.4) is 0 Å². The Balaban J connectivity index is 3.12. The number of ether oxygens (including phenoxy) is 1. The molecule has 1 unspecified atom stereocenters. The Morgan fingerprint density at radius 2 is 2.05 bits per heavy atom. The molecule has 0 radical (unpaired) electrons. The summed E-state index contributed by atoms with van der Waals surface area (Å²) in [5, 5.41) is 29.3. The van der Waals surface area contributed by atoms with E-state index in [1.54, 1.807) is 6.11 Å². The number of hydrogen-bond acceptors (Lipinski definition) is 5. The average molecular weight is 264 g/mol. The molecule has 7 nitrogen and oxygen atoms in total. The van der Waals surface area contributed by atoms with Crippen molar-refractivity contribution < 1.29 is 30.4 Å². The van der Waals surface area contributed by atoms with Gasteiger partial charge in [0.2, 0.25) is 5.70 Å². The lowest BCUT2D eigenvalue weighted by Crippen LogP contribution is -2.99. The molecule has 1 aromatic rings. The average Bonchev–Trinajstić information content (AvgIpc) is 2.39. The molecular weight excluding hydrogens is 252 g/mol. The summed E-state index contributed by atoms with van der Waals surface area (Å²) < 4.78 is 4.31. The van der Waals surface area contributed by atoms with Crippen LogP contribution < -0.4 is 10.5 Å². The zero-order valence-corrected chi connectivity index (χ0v) is 9.79. The van der Waals surface area contributed by atoms with Crippen molar-refractivity contribution in [2.45, 2.75) is 0 Å². The Labute approximate surface area is 109 Å². The molecule has 0 bridgehead atoms. The summed E-state index contributed by atoms with van der Waals surface area (Å²) in [6, 6.07) is 5.29. The summed E-state index contributed by atoms with van der Waals surface area (Å²) in [6.45, 7) is 0. The van der Waals surface area contributed by atoms with E-state index in [1.165, 1.54) is 24.3 Å². The molecule has 0 spiro atoms. The molecular formula is C12H12N2O5. The van der Waals surface area contributed by atoms with Crippen molar-refractivity contribution in [2.24, 2.45) is 0 Å². The smallest absolute Gasteiger partial charge is 0.408 e. The van der Waals surface area contributed by atoms with Gasteiger partial charge in [0.05, 0.1) is 0 Å². The van der Waals surface area contributed by atoms with Gasteiger partial charge in [0.15, 0.2) is 11.4 Å². The predicted octanol–water partition coefficient (Wildman–Crippen LogP) is -1.19. The molecule has 19 heavy (non-hydrogen) atoms. The molecule has 0 amide bonds. The van der Waals surface area contributed by atoms with Crippen LogP contribution in [0.2, 0.25) is 0 Å². The second-order valence-corrected chi connectivity index (χ2v) is 3.36. The Morgan fingerprint density at radius 1 is 1.47 bits per heavy atom. The van der Waals surface area contributed by atoms with Gasteiger partial charge in [0, 0.05) is 17.7 Å². The second kappa shape index (κ2) is 6.53. The third-order valence-corrected chi connectivity index (χ3v) is 2.24. The molecule has 0 aromatic heterocycles. The van der Waals surface area contributed by atoms with Gasteiger partial charge in [-0.05, 0) is 12.1 Å². The van der Waals surface area contributed by atoms with Crippen LogP contribution in [0.15, 0.2) is 30.0 Å². The molecule has 100 valence electrons. The van der Waals surface area contributed by atoms with E-state index in [-0.39, 0.29) is 16.9 Å². The number of aliphatic hydroxyl groups excluding tert-OH is 1. The number of nitrogens with two attached hydrogens (primary N) is 1. The molecule has 0 saturated carbocycles. The van der Waals surface area contributed by atoms with Crippen molar-refractivity contribution in [3.8, 4) is 12.5 Å². The van der Waals surface area contributed by atoms with E-state index in [1.807, 2.05) is 0 Å². The molecule has 0 heterocycles. The third-order valence-electron chi connectivity index (χ3n) is 2.24. The number of terminal acetylenes is 1. The number of hydrogen-bond donors (Lipinski definition) is 4. The van der Waals surface area contributed by atoms with Gasteiger partial charge in [-0.15, -0.1) is 7.05 Å². The summed E-state index contributed by atoms with van der Waals surface area (Å²) in [4.78, 5) is 11.4. The maximum atomic E-state index is 11.4. The molecule has 1 atom stereocenters. The minimum absolute atomic E-state index is 0.0582. The highest BCUT2D eigenvalue weighted by atomic mass is 16.8. The SMILES string of the molecule is C#COC(=O)/C([NH2+][CH2-])=C(\O)c1ccc([NH+]([O-])O)cc1. The lowest BCUT2D eigenvalue weighted by atomic mass is 10.1. The number of quaternary nitrogens is 2. The second-order valence-electron chi connectivity index (χ2n) is 3.36. The minimum Gasteiger partial charge on any atom is -0.595 e. The van der Waals surface area contributed by atoms with E-state index in [0.29, 0.717) is 0 Å². The van der Waals surface area contributed by atoms with E-state index < -0.39 is 17.0 Å². The monoisotopic (exact) mass is 264 g/mol. The van der Waals surface area contributed by atoms with Gasteiger partial charge < -0.3 is 20.4 Å². The Kier molecular flexibility index (Phi) is 5.05. The van der Waals surface area contributed by atoms with Gasteiger partial charge in [-0.3, -0.25) is 0 Å². The van der Waals surface area contributed by atoms with E-state index in [9.17, 15) is 15.1 Å². The molecule has 0 aliphatic carbocycles. The van der Waals surface area contributed by atoms with Gasteiger partial charge in [-0.1, -0.05) is 6.42 Å². The molecule has 0 fully saturated rings. The maximum Gasteiger partial charge on any atom is 0.408 e. The molecule has 5 N–H and O–H groups in total. The molecule has 0 aliphatic rings. The van der Waals surface area contributed by atoms with E-state index in [4.69, 9.17) is 11.6 Å². The van der Waals surface area contributed by atoms with Crippen molar-refractivity contribution in [1.29, 1.82) is 0 Å². The molecule has 1 rings (SSSR count). The summed E-state index contributed by atoms with van der Waals surface area (Å²) >= 11 is 0. The van der Waals surface area contributed by atoms with Gasteiger partial charge in [-0.25, -0.2) is 10.0 Å². The number of benzene rings is 1. The normalized spacial score (nSPS) is 13.2. The van der Waals surface area contributed by atoms with Crippen molar-refractivity contribution >= 4 is 17.4 Å². The molecule has 7 heteroatoms. The van der Waals surface area contributed by atoms with Crippen LogP contribution in [0.4, 0.5) is 5.69 Å². The number of carbonyl (C=O) groups is 1. The predicted molar refractivity (Wildman–Crippen MR) is 64.0 cm³/mol. The minimum atomic E-state index is -1.09. The fourth-order valence-electron chi connectivity index (χ4n) is 1.31. The zero-order chi connectivity index (χ0) is 14.4. The highest BCUT2D eigenvalue weighted by molar-refractivity contribution is 5.93. The first-order chi connectivity index (χ1) is 9.01. The van der Waals surface area contributed by atoms with Crippen LogP contribution in [0.1, 0.15) is 5.56 Å². The number of esters is 1. The summed E-state index contributed by atoms with van der Waals surface area (Å²) in [5.41, 5.74) is 0.0952. The Morgan fingerprint density at radius 3 is 2.47 bits per heavy atom. The van der Waals surface area contributed by atoms with Gasteiger partial charge in [-0.2, -0.15) is 5.23 Å². The molecule has 1 aromatic carbocycles. The number of nitrogens with one attached hydrogen (secondary N) is 1. The van der Waals surface area contributed by atoms with Crippen molar-refractivity contribution in [3.63, 3.8) is 0 Å². The van der Waals surface area contributed by atoms with Crippen LogP contribution in [0.25, 0.3) is 5.76 Å². The van der Waals surface area contributed by atoms with Crippen LogP contribution >= 0.6 is 0 Å². The Bertz CT molecular complexity index is 528. The highest BCUT2D eigenvalue weighted by Gasteiger charge is 2.19. The lowest BCUT2D eigenvalue weighted by molar-refractivity contribution is -0.991. The van der Waals surface area contributed by atoms with Crippen molar-refractivity contribution in [3.05, 3.63) is 47.8 Å². The van der Waals surface area contributed by atoms with Crippen LogP contribution in [-0.2, 0) is 9.53 Å². The lowest BCUT2D eigenvalue weighted by Gasteiger charge is -2.12. The highest BCUT2D eigenvalue weighted by Crippen LogP contribution is 2.15. The van der Waals surface area contributed by atoms with Gasteiger partial charge in [0.1, 0.15) is 6.11 Å². The number of rotatable bonds is 4. The topological polar surface area (TPSA) is 111 Å². The van der Waals surface area contributed by atoms with Crippen molar-refractivity contribution in [1.82, 2.24) is 0 Å². The molecule has 0 aliphatic heterocycles. The molecule has 0 saturated heterocycles. The first-order valence-corrected chi connectivity index (χ1v) is 5.07. The standard InChI is InChI=1S/C12H12N2O5/c1-3-19-12(16)10(13-2)11(15)8-4-6-9(7-5-8)14(17)18/h1,4-7,14-15,17H,2,13H2/b11-10+. The quantitative estimate of drug-likeness (QED) is 0.136. The van der Waals surface area contributed by atoms with Crippen LogP contribution in [0.5, 0.6) is 0 Å². The van der Waals surface area contributed by atoms with E-state index in [2.05, 4.69) is 11.8 Å². The summed E-state index contributed by atoms with van der Waals surface area (Å²) in [7, 11) is 3.38. The number of carbonyl (C=O) groups excluding carboxylic acids is 1. The zero-order valence-electron chi connectivity index (χ0n) is 9.79. The van der Waals surface area contributed by atoms with Crippen LogP contribution in [-0.4, -0.2) is 16.3 Å². The fourth-order valence-corrected chi connectivity index (χ4v) is 1.31. The Hall–Kier alpha value is -2.37. The van der Waals surface area contributed by atoms with E-state index >= 15 is 0 Å². The maximum absolute atomic E-state index is 11.4. The van der Waals surface area contributed by atoms with Gasteiger partial charge >= 0.3 is 5.97 Å². The fraction of sp³-hybridized carbons (Fsp3) is 0. The summed E-state index contributed by atoms with van der Waals surface area (Å²) in [5.74, 6) is -1.32. The van der Waals surface area contributed by atoms with Crippen LogP contribution in [0, 0.1) is 24.8 Å². The largest absolute Gasteiger partial charge is 0.595 e. The number of aliphatic hydroxyl groups is 1. The first-order valence-electron chi connectivity index (χ1n) is 5.07. The summed E-state index contributed by atoms with van der Waals surface area (Å²) in [6.07, 6.45) is 6.51. The third kappa shape index (κ3) is 3.54. The van der Waals surface area contributed by atoms with Crippen molar-refractivity contribution in [2.75, 3.05) is 0 Å².